The molecule has 116 valence electrons. The Balaban J connectivity index is 2.38. The van der Waals surface area contributed by atoms with Crippen LogP contribution in [0.5, 0.6) is 0 Å². The third-order valence-electron chi connectivity index (χ3n) is 3.53. The van der Waals surface area contributed by atoms with Crippen molar-refractivity contribution in [3.8, 4) is 0 Å². The van der Waals surface area contributed by atoms with Crippen molar-refractivity contribution in [3.63, 3.8) is 0 Å². The summed E-state index contributed by atoms with van der Waals surface area (Å²) in [6.07, 6.45) is 3.10. The summed E-state index contributed by atoms with van der Waals surface area (Å²) in [7, 11) is 0. The van der Waals surface area contributed by atoms with Crippen molar-refractivity contribution < 1.29 is 19.4 Å². The molecule has 2 atom stereocenters. The highest BCUT2D eigenvalue weighted by Crippen LogP contribution is 2.30. The predicted molar refractivity (Wildman–Crippen MR) is 74.7 cm³/mol. The summed E-state index contributed by atoms with van der Waals surface area (Å²) in [5.41, 5.74) is 0.692. The zero-order valence-electron chi connectivity index (χ0n) is 12.5. The number of morpholine rings is 1. The smallest absolute Gasteiger partial charge is 0.335 e. The van der Waals surface area contributed by atoms with Crippen LogP contribution in [-0.2, 0) is 14.3 Å². The second-order valence-corrected chi connectivity index (χ2v) is 5.45. The number of carboxylic acid groups (broad SMARTS) is 1. The van der Waals surface area contributed by atoms with Gasteiger partial charge in [0, 0.05) is 24.3 Å². The molecule has 0 aromatic carbocycles. The van der Waals surface area contributed by atoms with E-state index in [0.29, 0.717) is 12.1 Å². The molecule has 1 aliphatic heterocycles. The van der Waals surface area contributed by atoms with Gasteiger partial charge in [-0.05, 0) is 20.3 Å². The van der Waals surface area contributed by atoms with Gasteiger partial charge in [-0.15, -0.1) is 0 Å². The number of hydrogen-bond donors (Lipinski definition) is 1. The second kappa shape index (κ2) is 6.26. The number of amides is 1. The summed E-state index contributed by atoms with van der Waals surface area (Å²) in [6.45, 7) is 6.23. The van der Waals surface area contributed by atoms with Crippen molar-refractivity contribution in [2.45, 2.75) is 45.4 Å². The molecule has 2 heterocycles. The maximum atomic E-state index is 12.1. The lowest BCUT2D eigenvalue weighted by molar-refractivity contribution is -0.173. The van der Waals surface area contributed by atoms with Gasteiger partial charge in [-0.25, -0.2) is 4.79 Å². The normalized spacial score (nSPS) is 22.9. The molecule has 0 saturated carbocycles. The Kier molecular flexibility index (Phi) is 4.62. The standard InChI is InChI=1S/C14H21N3O4/c1-4-5-16-11(18)8-21-13(14(19)20)12(16)10-6-15-17(7-10)9(2)3/h6-7,9,12-13H,4-5,8H2,1-3H3,(H,19,20). The molecule has 1 N–H and O–H groups in total. The molecule has 1 aromatic heterocycles. The number of aromatic nitrogens is 2. The van der Waals surface area contributed by atoms with Gasteiger partial charge in [0.15, 0.2) is 6.10 Å². The van der Waals surface area contributed by atoms with E-state index in [4.69, 9.17) is 4.74 Å². The number of nitrogens with zero attached hydrogens (tertiary/aromatic N) is 3. The fourth-order valence-electron chi connectivity index (χ4n) is 2.51. The fourth-order valence-corrected chi connectivity index (χ4v) is 2.51. The molecule has 0 radical (unpaired) electrons. The van der Waals surface area contributed by atoms with Crippen molar-refractivity contribution >= 4 is 11.9 Å². The second-order valence-electron chi connectivity index (χ2n) is 5.45. The van der Waals surface area contributed by atoms with E-state index in [-0.39, 0.29) is 18.6 Å². The molecule has 7 heteroatoms. The Hall–Kier alpha value is -1.89. The summed E-state index contributed by atoms with van der Waals surface area (Å²) in [4.78, 5) is 25.1. The van der Waals surface area contributed by atoms with Gasteiger partial charge in [-0.1, -0.05) is 6.92 Å². The van der Waals surface area contributed by atoms with E-state index < -0.39 is 18.1 Å². The molecule has 0 bridgehead atoms. The summed E-state index contributed by atoms with van der Waals surface area (Å²) in [5.74, 6) is -1.25. The maximum absolute atomic E-state index is 12.1. The molecule has 1 fully saturated rings. The number of carbonyl (C=O) groups excluding carboxylic acids is 1. The van der Waals surface area contributed by atoms with Crippen LogP contribution in [0.25, 0.3) is 0 Å². The van der Waals surface area contributed by atoms with Crippen LogP contribution in [0, 0.1) is 0 Å². The van der Waals surface area contributed by atoms with Gasteiger partial charge >= 0.3 is 5.97 Å². The van der Waals surface area contributed by atoms with Crippen LogP contribution in [0.15, 0.2) is 12.4 Å². The van der Waals surface area contributed by atoms with Crippen LogP contribution < -0.4 is 0 Å². The van der Waals surface area contributed by atoms with Gasteiger partial charge in [0.25, 0.3) is 0 Å². The highest BCUT2D eigenvalue weighted by atomic mass is 16.5. The highest BCUT2D eigenvalue weighted by molar-refractivity contribution is 5.82. The Morgan fingerprint density at radius 2 is 2.29 bits per heavy atom. The molecule has 1 saturated heterocycles. The zero-order chi connectivity index (χ0) is 15.6. The first kappa shape index (κ1) is 15.5. The average Bonchev–Trinajstić information content (AvgIpc) is 2.90. The first-order valence-corrected chi connectivity index (χ1v) is 7.13. The topological polar surface area (TPSA) is 84.7 Å². The largest absolute Gasteiger partial charge is 0.479 e. The van der Waals surface area contributed by atoms with E-state index in [1.165, 1.54) is 0 Å². The molecule has 0 spiro atoms. The average molecular weight is 295 g/mol. The Morgan fingerprint density at radius 3 is 2.81 bits per heavy atom. The Morgan fingerprint density at radius 1 is 1.57 bits per heavy atom. The summed E-state index contributed by atoms with van der Waals surface area (Å²) in [5, 5.41) is 13.6. The van der Waals surface area contributed by atoms with Crippen molar-refractivity contribution in [1.82, 2.24) is 14.7 Å². The number of aliphatic carboxylic acids is 1. The molecule has 0 aliphatic carbocycles. The predicted octanol–water partition coefficient (Wildman–Crippen LogP) is 1.23. The van der Waals surface area contributed by atoms with Crippen LogP contribution in [0.3, 0.4) is 0 Å². The monoisotopic (exact) mass is 295 g/mol. The van der Waals surface area contributed by atoms with Gasteiger partial charge in [0.05, 0.1) is 12.2 Å². The highest BCUT2D eigenvalue weighted by Gasteiger charge is 2.42. The number of ether oxygens (including phenoxy) is 1. The summed E-state index contributed by atoms with van der Waals surface area (Å²) in [6, 6.07) is -0.460. The van der Waals surface area contributed by atoms with E-state index in [1.807, 2.05) is 20.8 Å². The molecule has 1 aromatic rings. The molecular formula is C14H21N3O4. The van der Waals surface area contributed by atoms with Crippen LogP contribution in [0.2, 0.25) is 0 Å². The lowest BCUT2D eigenvalue weighted by Crippen LogP contribution is -2.51. The molecule has 7 nitrogen and oxygen atoms in total. The molecule has 2 rings (SSSR count). The van der Waals surface area contributed by atoms with E-state index in [1.54, 1.807) is 22.0 Å². The van der Waals surface area contributed by atoms with Crippen LogP contribution in [0.4, 0.5) is 0 Å². The van der Waals surface area contributed by atoms with Gasteiger partial charge in [0.2, 0.25) is 5.91 Å². The minimum Gasteiger partial charge on any atom is -0.479 e. The molecule has 1 aliphatic rings. The molecular weight excluding hydrogens is 274 g/mol. The third kappa shape index (κ3) is 3.07. The number of hydrogen-bond acceptors (Lipinski definition) is 4. The first-order valence-electron chi connectivity index (χ1n) is 7.13. The quantitative estimate of drug-likeness (QED) is 0.883. The van der Waals surface area contributed by atoms with Crippen molar-refractivity contribution in [3.05, 3.63) is 18.0 Å². The fraction of sp³-hybridized carbons (Fsp3) is 0.643. The minimum atomic E-state index is -1.06. The van der Waals surface area contributed by atoms with Crippen molar-refractivity contribution in [2.24, 2.45) is 0 Å². The number of carboxylic acids is 1. The van der Waals surface area contributed by atoms with Gasteiger partial charge < -0.3 is 14.7 Å². The Bertz CT molecular complexity index is 526. The maximum Gasteiger partial charge on any atom is 0.335 e. The first-order chi connectivity index (χ1) is 9.95. The van der Waals surface area contributed by atoms with Gasteiger partial charge in [0.1, 0.15) is 6.61 Å². The molecule has 21 heavy (non-hydrogen) atoms. The van der Waals surface area contributed by atoms with E-state index in [9.17, 15) is 14.7 Å². The van der Waals surface area contributed by atoms with E-state index >= 15 is 0 Å². The van der Waals surface area contributed by atoms with Crippen molar-refractivity contribution in [1.29, 1.82) is 0 Å². The zero-order valence-corrected chi connectivity index (χ0v) is 12.5. The lowest BCUT2D eigenvalue weighted by Gasteiger charge is -2.38. The summed E-state index contributed by atoms with van der Waals surface area (Å²) >= 11 is 0. The number of carbonyl (C=O) groups is 2. The van der Waals surface area contributed by atoms with Gasteiger partial charge in [-0.3, -0.25) is 9.48 Å². The summed E-state index contributed by atoms with van der Waals surface area (Å²) < 4.78 is 6.98. The van der Waals surface area contributed by atoms with Crippen LogP contribution >= 0.6 is 0 Å². The van der Waals surface area contributed by atoms with E-state index in [2.05, 4.69) is 5.10 Å². The minimum absolute atomic E-state index is 0.168. The van der Waals surface area contributed by atoms with Gasteiger partial charge in [-0.2, -0.15) is 5.10 Å². The molecule has 2 unspecified atom stereocenters. The van der Waals surface area contributed by atoms with E-state index in [0.717, 1.165) is 6.42 Å². The SMILES string of the molecule is CCCN1C(=O)COC(C(=O)O)C1c1cnn(C(C)C)c1. The third-order valence-corrected chi connectivity index (χ3v) is 3.53. The lowest BCUT2D eigenvalue weighted by atomic mass is 10.0. The van der Waals surface area contributed by atoms with Crippen LogP contribution in [-0.4, -0.2) is 50.9 Å². The Labute approximate surface area is 123 Å². The number of rotatable bonds is 5. The van der Waals surface area contributed by atoms with Crippen LogP contribution in [0.1, 0.15) is 44.8 Å². The van der Waals surface area contributed by atoms with Crippen molar-refractivity contribution in [2.75, 3.05) is 13.2 Å². The molecule has 1 amide bonds.